The van der Waals surface area contributed by atoms with E-state index >= 15 is 0 Å². The van der Waals surface area contributed by atoms with Crippen molar-refractivity contribution < 1.29 is 22.6 Å². The van der Waals surface area contributed by atoms with Gasteiger partial charge in [0.05, 0.1) is 12.8 Å². The van der Waals surface area contributed by atoms with E-state index in [1.807, 2.05) is 0 Å². The molecule has 2 heterocycles. The molecule has 106 valence electrons. The van der Waals surface area contributed by atoms with Gasteiger partial charge in [-0.2, -0.15) is 13.2 Å². The monoisotopic (exact) mass is 284 g/mol. The number of hydrogen-bond donors (Lipinski definition) is 1. The van der Waals surface area contributed by atoms with Crippen LogP contribution in [0.2, 0.25) is 0 Å². The summed E-state index contributed by atoms with van der Waals surface area (Å²) in [5.74, 6) is 0.730. The standard InChI is InChI=1S/C13H11F3N2O2/c14-13(15,16)11-5-17-12(18-11)8-2-1-3-9(4-8)19-6-10-7-20-10/h1-5,10H,6-7H2,(H,17,18). The van der Waals surface area contributed by atoms with Crippen LogP contribution in [0.4, 0.5) is 13.2 Å². The molecule has 0 bridgehead atoms. The predicted octanol–water partition coefficient (Wildman–Crippen LogP) is 2.87. The van der Waals surface area contributed by atoms with Crippen LogP contribution in [0, 0.1) is 0 Å². The third-order valence-corrected chi connectivity index (χ3v) is 2.83. The number of aromatic nitrogens is 2. The molecule has 0 saturated carbocycles. The molecule has 0 spiro atoms. The summed E-state index contributed by atoms with van der Waals surface area (Å²) >= 11 is 0. The Hall–Kier alpha value is -2.02. The number of imidazole rings is 1. The minimum Gasteiger partial charge on any atom is -0.491 e. The van der Waals surface area contributed by atoms with E-state index in [4.69, 9.17) is 9.47 Å². The molecule has 2 aromatic rings. The first-order chi connectivity index (χ1) is 9.52. The largest absolute Gasteiger partial charge is 0.491 e. The molecule has 7 heteroatoms. The number of nitrogens with one attached hydrogen (secondary N) is 1. The Balaban J connectivity index is 1.78. The van der Waals surface area contributed by atoms with Gasteiger partial charge in [0, 0.05) is 5.56 Å². The highest BCUT2D eigenvalue weighted by Gasteiger charge is 2.33. The van der Waals surface area contributed by atoms with Gasteiger partial charge in [-0.15, -0.1) is 0 Å². The van der Waals surface area contributed by atoms with E-state index in [0.29, 0.717) is 24.5 Å². The average molecular weight is 284 g/mol. The second-order valence-electron chi connectivity index (χ2n) is 4.44. The lowest BCUT2D eigenvalue weighted by Crippen LogP contribution is -2.05. The van der Waals surface area contributed by atoms with E-state index in [2.05, 4.69) is 9.97 Å². The van der Waals surface area contributed by atoms with Gasteiger partial charge in [-0.05, 0) is 12.1 Å². The van der Waals surface area contributed by atoms with Gasteiger partial charge in [-0.3, -0.25) is 0 Å². The lowest BCUT2D eigenvalue weighted by atomic mass is 10.2. The lowest BCUT2D eigenvalue weighted by molar-refractivity contribution is -0.140. The minimum atomic E-state index is -4.43. The van der Waals surface area contributed by atoms with E-state index in [-0.39, 0.29) is 11.9 Å². The molecule has 1 unspecified atom stereocenters. The Morgan fingerprint density at radius 1 is 1.40 bits per heavy atom. The van der Waals surface area contributed by atoms with Gasteiger partial charge in [0.25, 0.3) is 0 Å². The van der Waals surface area contributed by atoms with Crippen LogP contribution in [0.15, 0.2) is 30.5 Å². The predicted molar refractivity (Wildman–Crippen MR) is 64.3 cm³/mol. The van der Waals surface area contributed by atoms with Crippen molar-refractivity contribution in [1.29, 1.82) is 0 Å². The zero-order chi connectivity index (χ0) is 14.2. The molecule has 3 rings (SSSR count). The Bertz CT molecular complexity index is 606. The maximum absolute atomic E-state index is 12.5. The van der Waals surface area contributed by atoms with Crippen LogP contribution < -0.4 is 4.74 Å². The number of benzene rings is 1. The van der Waals surface area contributed by atoms with Crippen molar-refractivity contribution in [3.05, 3.63) is 36.2 Å². The number of hydrogen-bond acceptors (Lipinski definition) is 3. The minimum absolute atomic E-state index is 0.124. The zero-order valence-electron chi connectivity index (χ0n) is 10.3. The van der Waals surface area contributed by atoms with E-state index in [1.165, 1.54) is 0 Å². The van der Waals surface area contributed by atoms with Crippen LogP contribution in [-0.4, -0.2) is 29.3 Å². The molecule has 1 aromatic carbocycles. The Labute approximate surface area is 112 Å². The van der Waals surface area contributed by atoms with Gasteiger partial charge in [0.2, 0.25) is 0 Å². The van der Waals surface area contributed by atoms with Crippen LogP contribution in [-0.2, 0) is 10.9 Å². The fourth-order valence-corrected chi connectivity index (χ4v) is 1.70. The van der Waals surface area contributed by atoms with E-state index < -0.39 is 11.9 Å². The van der Waals surface area contributed by atoms with Crippen molar-refractivity contribution in [2.45, 2.75) is 12.3 Å². The Morgan fingerprint density at radius 2 is 2.20 bits per heavy atom. The molecule has 0 radical (unpaired) electrons. The van der Waals surface area contributed by atoms with Crippen molar-refractivity contribution in [3.63, 3.8) is 0 Å². The highest BCUT2D eigenvalue weighted by atomic mass is 19.4. The molecule has 0 amide bonds. The van der Waals surface area contributed by atoms with Gasteiger partial charge in [-0.25, -0.2) is 4.98 Å². The Kier molecular flexibility index (Phi) is 3.13. The number of alkyl halides is 3. The maximum atomic E-state index is 12.5. The first-order valence-electron chi connectivity index (χ1n) is 5.99. The third-order valence-electron chi connectivity index (χ3n) is 2.83. The quantitative estimate of drug-likeness (QED) is 0.878. The first kappa shape index (κ1) is 13.0. The second-order valence-corrected chi connectivity index (χ2v) is 4.44. The van der Waals surface area contributed by atoms with Crippen LogP contribution in [0.25, 0.3) is 11.4 Å². The fourth-order valence-electron chi connectivity index (χ4n) is 1.70. The molecule has 1 aliphatic heterocycles. The smallest absolute Gasteiger partial charge is 0.432 e. The maximum Gasteiger partial charge on any atom is 0.432 e. The second kappa shape index (κ2) is 4.82. The number of epoxide rings is 1. The number of aromatic amines is 1. The molecule has 20 heavy (non-hydrogen) atoms. The van der Waals surface area contributed by atoms with Crippen molar-refractivity contribution in [2.24, 2.45) is 0 Å². The summed E-state index contributed by atoms with van der Waals surface area (Å²) in [6.45, 7) is 1.13. The molecular weight excluding hydrogens is 273 g/mol. The summed E-state index contributed by atoms with van der Waals surface area (Å²) in [4.78, 5) is 6.00. The van der Waals surface area contributed by atoms with Crippen molar-refractivity contribution in [2.75, 3.05) is 13.2 Å². The number of H-pyrrole nitrogens is 1. The van der Waals surface area contributed by atoms with Crippen LogP contribution in [0.3, 0.4) is 0 Å². The molecule has 1 N–H and O–H groups in total. The fraction of sp³-hybridized carbons (Fsp3) is 0.308. The van der Waals surface area contributed by atoms with Crippen LogP contribution in [0.1, 0.15) is 5.69 Å². The molecule has 1 aromatic heterocycles. The van der Waals surface area contributed by atoms with Gasteiger partial charge in [0.15, 0.2) is 0 Å². The van der Waals surface area contributed by atoms with E-state index in [1.54, 1.807) is 24.3 Å². The lowest BCUT2D eigenvalue weighted by Gasteiger charge is -2.05. The molecule has 1 fully saturated rings. The molecular formula is C13H11F3N2O2. The highest BCUT2D eigenvalue weighted by molar-refractivity contribution is 5.57. The van der Waals surface area contributed by atoms with Crippen molar-refractivity contribution in [1.82, 2.24) is 9.97 Å². The summed E-state index contributed by atoms with van der Waals surface area (Å²) in [6.07, 6.45) is -3.53. The van der Waals surface area contributed by atoms with Crippen molar-refractivity contribution in [3.8, 4) is 17.1 Å². The van der Waals surface area contributed by atoms with E-state index in [0.717, 1.165) is 6.20 Å². The molecule has 1 saturated heterocycles. The van der Waals surface area contributed by atoms with Gasteiger partial charge in [-0.1, -0.05) is 12.1 Å². The number of halogens is 3. The SMILES string of the molecule is FC(F)(F)c1cnc(-c2cccc(OCC3CO3)c2)[nH]1. The molecule has 0 aliphatic carbocycles. The summed E-state index contributed by atoms with van der Waals surface area (Å²) in [6, 6.07) is 6.74. The van der Waals surface area contributed by atoms with Crippen LogP contribution >= 0.6 is 0 Å². The average Bonchev–Trinajstić information content (AvgIpc) is 3.09. The summed E-state index contributed by atoms with van der Waals surface area (Å²) in [5.41, 5.74) is -0.333. The third kappa shape index (κ3) is 2.93. The van der Waals surface area contributed by atoms with Crippen LogP contribution in [0.5, 0.6) is 5.75 Å². The summed E-state index contributed by atoms with van der Waals surface area (Å²) in [5, 5.41) is 0. The zero-order valence-corrected chi connectivity index (χ0v) is 10.3. The van der Waals surface area contributed by atoms with Gasteiger partial charge < -0.3 is 14.5 Å². The number of rotatable bonds is 4. The normalized spacial score (nSPS) is 18.1. The number of nitrogens with zero attached hydrogens (tertiary/aromatic N) is 1. The highest BCUT2D eigenvalue weighted by Crippen LogP contribution is 2.30. The Morgan fingerprint density at radius 3 is 2.85 bits per heavy atom. The van der Waals surface area contributed by atoms with Gasteiger partial charge in [0.1, 0.15) is 30.0 Å². The summed E-state index contributed by atoms with van der Waals surface area (Å²) in [7, 11) is 0. The van der Waals surface area contributed by atoms with Gasteiger partial charge >= 0.3 is 6.18 Å². The molecule has 1 aliphatic rings. The molecule has 4 nitrogen and oxygen atoms in total. The topological polar surface area (TPSA) is 50.4 Å². The summed E-state index contributed by atoms with van der Waals surface area (Å²) < 4.78 is 48.0. The van der Waals surface area contributed by atoms with Crippen molar-refractivity contribution >= 4 is 0 Å². The first-order valence-corrected chi connectivity index (χ1v) is 5.99. The molecule has 1 atom stereocenters. The van der Waals surface area contributed by atoms with E-state index in [9.17, 15) is 13.2 Å². The number of ether oxygens (including phenoxy) is 2.